The molecule has 2 N–H and O–H groups in total. The predicted molar refractivity (Wildman–Crippen MR) is 57.1 cm³/mol. The van der Waals surface area contributed by atoms with Gasteiger partial charge in [0.15, 0.2) is 0 Å². The molecule has 0 radical (unpaired) electrons. The summed E-state index contributed by atoms with van der Waals surface area (Å²) in [6.07, 6.45) is 5.02. The summed E-state index contributed by atoms with van der Waals surface area (Å²) < 4.78 is 0. The lowest BCUT2D eigenvalue weighted by Gasteiger charge is -2.07. The molecule has 0 fully saturated rings. The van der Waals surface area contributed by atoms with E-state index in [9.17, 15) is 0 Å². The van der Waals surface area contributed by atoms with E-state index < -0.39 is 0 Å². The zero-order chi connectivity index (χ0) is 9.97. The first-order valence-corrected chi connectivity index (χ1v) is 5.16. The highest BCUT2D eigenvalue weighted by atomic mass is 32.1. The minimum atomic E-state index is -0.102. The van der Waals surface area contributed by atoms with Gasteiger partial charge in [-0.3, -0.25) is 0 Å². The van der Waals surface area contributed by atoms with Crippen molar-refractivity contribution in [3.63, 3.8) is 0 Å². The molecule has 2 heterocycles. The summed E-state index contributed by atoms with van der Waals surface area (Å²) in [7, 11) is 0. The smallest absolute Gasteiger partial charge is 0.115 e. The molecular weight excluding hydrogens is 194 g/mol. The molecule has 0 saturated heterocycles. The molecule has 72 valence electrons. The van der Waals surface area contributed by atoms with Crippen molar-refractivity contribution in [3.8, 4) is 0 Å². The molecule has 0 amide bonds. The number of aryl methyl sites for hydroxylation is 1. The van der Waals surface area contributed by atoms with E-state index in [1.165, 1.54) is 11.2 Å². The number of thiophene rings is 1. The van der Waals surface area contributed by atoms with Gasteiger partial charge < -0.3 is 5.73 Å². The van der Waals surface area contributed by atoms with Crippen LogP contribution in [0.3, 0.4) is 0 Å². The lowest BCUT2D eigenvalue weighted by atomic mass is 10.1. The van der Waals surface area contributed by atoms with Crippen LogP contribution in [-0.4, -0.2) is 9.97 Å². The van der Waals surface area contributed by atoms with E-state index in [0.717, 1.165) is 10.4 Å². The fourth-order valence-corrected chi connectivity index (χ4v) is 2.16. The Labute approximate surface area is 86.6 Å². The quantitative estimate of drug-likeness (QED) is 0.814. The first kappa shape index (κ1) is 9.30. The van der Waals surface area contributed by atoms with Gasteiger partial charge in [0.2, 0.25) is 0 Å². The van der Waals surface area contributed by atoms with Crippen LogP contribution in [0.25, 0.3) is 0 Å². The Morgan fingerprint density at radius 3 is 2.57 bits per heavy atom. The minimum absolute atomic E-state index is 0.102. The molecule has 0 aliphatic rings. The van der Waals surface area contributed by atoms with E-state index in [4.69, 9.17) is 5.73 Å². The van der Waals surface area contributed by atoms with Crippen LogP contribution in [0.1, 0.15) is 21.4 Å². The Balaban J connectivity index is 2.29. The van der Waals surface area contributed by atoms with Crippen LogP contribution in [-0.2, 0) is 0 Å². The highest BCUT2D eigenvalue weighted by Crippen LogP contribution is 2.25. The van der Waals surface area contributed by atoms with E-state index in [1.807, 2.05) is 0 Å². The van der Waals surface area contributed by atoms with Crippen molar-refractivity contribution < 1.29 is 0 Å². The van der Waals surface area contributed by atoms with Crippen LogP contribution in [0.5, 0.6) is 0 Å². The van der Waals surface area contributed by atoms with Gasteiger partial charge in [-0.15, -0.1) is 11.3 Å². The second-order valence-electron chi connectivity index (χ2n) is 3.10. The number of hydrogen-bond donors (Lipinski definition) is 1. The van der Waals surface area contributed by atoms with E-state index in [-0.39, 0.29) is 6.04 Å². The van der Waals surface area contributed by atoms with Gasteiger partial charge in [-0.25, -0.2) is 9.97 Å². The average Bonchev–Trinajstić information content (AvgIpc) is 2.65. The summed E-state index contributed by atoms with van der Waals surface area (Å²) >= 11 is 1.71. The van der Waals surface area contributed by atoms with Crippen molar-refractivity contribution >= 4 is 11.3 Å². The SMILES string of the molecule is Cc1ccc(C(N)c2cncnc2)s1. The van der Waals surface area contributed by atoms with E-state index >= 15 is 0 Å². The summed E-state index contributed by atoms with van der Waals surface area (Å²) in [5.41, 5.74) is 7.01. The van der Waals surface area contributed by atoms with Crippen LogP contribution >= 0.6 is 11.3 Å². The Hall–Kier alpha value is -1.26. The molecule has 1 unspecified atom stereocenters. The number of aromatic nitrogens is 2. The minimum Gasteiger partial charge on any atom is -0.320 e. The highest BCUT2D eigenvalue weighted by molar-refractivity contribution is 7.12. The Kier molecular flexibility index (Phi) is 2.56. The summed E-state index contributed by atoms with van der Waals surface area (Å²) in [4.78, 5) is 10.3. The van der Waals surface area contributed by atoms with Gasteiger partial charge >= 0.3 is 0 Å². The van der Waals surface area contributed by atoms with Crippen LogP contribution in [0.2, 0.25) is 0 Å². The van der Waals surface area contributed by atoms with Gasteiger partial charge in [-0.2, -0.15) is 0 Å². The number of nitrogens with two attached hydrogens (primary N) is 1. The summed E-state index contributed by atoms with van der Waals surface area (Å²) in [5, 5.41) is 0. The van der Waals surface area contributed by atoms with Crippen molar-refractivity contribution in [3.05, 3.63) is 46.2 Å². The predicted octanol–water partition coefficient (Wildman–Crippen LogP) is 1.89. The average molecular weight is 205 g/mol. The van der Waals surface area contributed by atoms with Gasteiger partial charge in [-0.1, -0.05) is 0 Å². The molecule has 4 heteroatoms. The molecule has 3 nitrogen and oxygen atoms in total. The van der Waals surface area contributed by atoms with Crippen molar-refractivity contribution in [1.82, 2.24) is 9.97 Å². The zero-order valence-corrected chi connectivity index (χ0v) is 8.66. The molecule has 0 spiro atoms. The zero-order valence-electron chi connectivity index (χ0n) is 7.84. The second-order valence-corrected chi connectivity index (χ2v) is 4.42. The normalized spacial score (nSPS) is 12.7. The van der Waals surface area contributed by atoms with E-state index in [2.05, 4.69) is 29.0 Å². The van der Waals surface area contributed by atoms with Crippen LogP contribution < -0.4 is 5.73 Å². The van der Waals surface area contributed by atoms with Gasteiger partial charge in [0.05, 0.1) is 6.04 Å². The maximum Gasteiger partial charge on any atom is 0.115 e. The maximum atomic E-state index is 6.06. The molecule has 0 aromatic carbocycles. The standard InChI is InChI=1S/C10H11N3S/c1-7-2-3-9(14-7)10(11)8-4-12-6-13-5-8/h2-6,10H,11H2,1H3. The van der Waals surface area contributed by atoms with Crippen molar-refractivity contribution in [2.24, 2.45) is 5.73 Å². The topological polar surface area (TPSA) is 51.8 Å². The van der Waals surface area contributed by atoms with Crippen molar-refractivity contribution in [2.75, 3.05) is 0 Å². The van der Waals surface area contributed by atoms with Gasteiger partial charge in [0.25, 0.3) is 0 Å². The number of hydrogen-bond acceptors (Lipinski definition) is 4. The van der Waals surface area contributed by atoms with Gasteiger partial charge in [-0.05, 0) is 19.1 Å². The molecule has 14 heavy (non-hydrogen) atoms. The third kappa shape index (κ3) is 1.81. The molecule has 2 aromatic rings. The molecule has 1 atom stereocenters. The lowest BCUT2D eigenvalue weighted by molar-refractivity contribution is 0.869. The Morgan fingerprint density at radius 2 is 2.00 bits per heavy atom. The fraction of sp³-hybridized carbons (Fsp3) is 0.200. The van der Waals surface area contributed by atoms with Crippen LogP contribution in [0.4, 0.5) is 0 Å². The summed E-state index contributed by atoms with van der Waals surface area (Å²) in [6.45, 7) is 2.07. The first-order valence-electron chi connectivity index (χ1n) is 4.34. The monoisotopic (exact) mass is 205 g/mol. The molecule has 2 rings (SSSR count). The maximum absolute atomic E-state index is 6.06. The summed E-state index contributed by atoms with van der Waals surface area (Å²) in [5.74, 6) is 0. The van der Waals surface area contributed by atoms with Gasteiger partial charge in [0, 0.05) is 27.7 Å². The van der Waals surface area contributed by atoms with E-state index in [1.54, 1.807) is 23.7 Å². The van der Waals surface area contributed by atoms with Crippen LogP contribution in [0, 0.1) is 6.92 Å². The largest absolute Gasteiger partial charge is 0.320 e. The number of nitrogens with zero attached hydrogens (tertiary/aromatic N) is 2. The first-order chi connectivity index (χ1) is 6.77. The molecule has 2 aromatic heterocycles. The Morgan fingerprint density at radius 1 is 1.29 bits per heavy atom. The molecule has 0 saturated carbocycles. The molecule has 0 bridgehead atoms. The molecular formula is C10H11N3S. The van der Waals surface area contributed by atoms with Gasteiger partial charge in [0.1, 0.15) is 6.33 Å². The third-order valence-electron chi connectivity index (χ3n) is 2.01. The third-order valence-corrected chi connectivity index (χ3v) is 3.09. The molecule has 0 aliphatic heterocycles. The Bertz CT molecular complexity index is 410. The molecule has 0 aliphatic carbocycles. The summed E-state index contributed by atoms with van der Waals surface area (Å²) in [6, 6.07) is 4.02. The van der Waals surface area contributed by atoms with Crippen LogP contribution in [0.15, 0.2) is 30.9 Å². The highest BCUT2D eigenvalue weighted by Gasteiger charge is 2.10. The second kappa shape index (κ2) is 3.86. The lowest BCUT2D eigenvalue weighted by Crippen LogP contribution is -2.10. The number of rotatable bonds is 2. The van der Waals surface area contributed by atoms with E-state index in [0.29, 0.717) is 0 Å². The van der Waals surface area contributed by atoms with Crippen molar-refractivity contribution in [1.29, 1.82) is 0 Å². The fourth-order valence-electron chi connectivity index (χ4n) is 1.26. The van der Waals surface area contributed by atoms with Crippen molar-refractivity contribution in [2.45, 2.75) is 13.0 Å².